The molecule has 0 aliphatic heterocycles. The number of sulfone groups is 1. The molecule has 1 aliphatic carbocycles. The SMILES string of the molecule is CC1CCCC1CNc1ccccc1S(C)(=O)=O. The van der Waals surface area contributed by atoms with Gasteiger partial charge < -0.3 is 5.32 Å². The molecule has 1 N–H and O–H groups in total. The molecule has 1 aromatic rings. The first-order chi connectivity index (χ1) is 8.48. The van der Waals surface area contributed by atoms with Crippen molar-refractivity contribution in [3.63, 3.8) is 0 Å². The Morgan fingerprint density at radius 3 is 2.61 bits per heavy atom. The summed E-state index contributed by atoms with van der Waals surface area (Å²) < 4.78 is 23.3. The predicted molar refractivity (Wildman–Crippen MR) is 74.5 cm³/mol. The van der Waals surface area contributed by atoms with Gasteiger partial charge in [-0.15, -0.1) is 0 Å². The summed E-state index contributed by atoms with van der Waals surface area (Å²) in [5, 5.41) is 3.31. The maximum absolute atomic E-state index is 11.7. The summed E-state index contributed by atoms with van der Waals surface area (Å²) in [6.07, 6.45) is 5.09. The quantitative estimate of drug-likeness (QED) is 0.912. The van der Waals surface area contributed by atoms with E-state index in [2.05, 4.69) is 12.2 Å². The molecule has 2 rings (SSSR count). The van der Waals surface area contributed by atoms with E-state index < -0.39 is 9.84 Å². The van der Waals surface area contributed by atoms with Crippen molar-refractivity contribution in [2.45, 2.75) is 31.1 Å². The molecule has 0 bridgehead atoms. The summed E-state index contributed by atoms with van der Waals surface area (Å²) in [6, 6.07) is 7.14. The van der Waals surface area contributed by atoms with Gasteiger partial charge in [-0.1, -0.05) is 31.9 Å². The van der Waals surface area contributed by atoms with E-state index in [0.29, 0.717) is 10.8 Å². The average Bonchev–Trinajstić information content (AvgIpc) is 2.71. The molecule has 0 spiro atoms. The van der Waals surface area contributed by atoms with Gasteiger partial charge in [0.25, 0.3) is 0 Å². The van der Waals surface area contributed by atoms with Gasteiger partial charge in [0.05, 0.1) is 10.6 Å². The number of anilines is 1. The standard InChI is InChI=1S/C14H21NO2S/c1-11-6-5-7-12(11)10-15-13-8-3-4-9-14(13)18(2,16)17/h3-4,8-9,11-12,15H,5-7,10H2,1-2H3. The third kappa shape index (κ3) is 3.05. The smallest absolute Gasteiger partial charge is 0.177 e. The lowest BCUT2D eigenvalue weighted by atomic mass is 9.98. The Bertz CT molecular complexity index is 510. The van der Waals surface area contributed by atoms with Crippen LogP contribution in [0.15, 0.2) is 29.2 Å². The van der Waals surface area contributed by atoms with Gasteiger partial charge in [-0.05, 0) is 30.4 Å². The van der Waals surface area contributed by atoms with Crippen LogP contribution < -0.4 is 5.32 Å². The Labute approximate surface area is 110 Å². The van der Waals surface area contributed by atoms with Gasteiger partial charge in [0.15, 0.2) is 9.84 Å². The van der Waals surface area contributed by atoms with Crippen LogP contribution in [0.2, 0.25) is 0 Å². The maximum Gasteiger partial charge on any atom is 0.177 e. The molecule has 0 heterocycles. The second-order valence-corrected chi connectivity index (χ2v) is 7.30. The van der Waals surface area contributed by atoms with Gasteiger partial charge in [-0.25, -0.2) is 8.42 Å². The number of hydrogen-bond acceptors (Lipinski definition) is 3. The minimum absolute atomic E-state index is 0.399. The first kappa shape index (κ1) is 13.4. The molecule has 0 aromatic heterocycles. The molecule has 100 valence electrons. The van der Waals surface area contributed by atoms with Crippen molar-refractivity contribution < 1.29 is 8.42 Å². The van der Waals surface area contributed by atoms with E-state index >= 15 is 0 Å². The topological polar surface area (TPSA) is 46.2 Å². The number of benzene rings is 1. The van der Waals surface area contributed by atoms with E-state index in [1.165, 1.54) is 25.5 Å². The summed E-state index contributed by atoms with van der Waals surface area (Å²) in [4.78, 5) is 0.399. The van der Waals surface area contributed by atoms with Crippen molar-refractivity contribution in [1.82, 2.24) is 0 Å². The Kier molecular flexibility index (Phi) is 3.95. The van der Waals surface area contributed by atoms with Crippen LogP contribution in [0.1, 0.15) is 26.2 Å². The fourth-order valence-electron chi connectivity index (χ4n) is 2.70. The maximum atomic E-state index is 11.7. The molecular formula is C14H21NO2S. The van der Waals surface area contributed by atoms with E-state index in [0.717, 1.165) is 18.2 Å². The van der Waals surface area contributed by atoms with Crippen molar-refractivity contribution in [2.24, 2.45) is 11.8 Å². The van der Waals surface area contributed by atoms with Crippen LogP contribution in [-0.4, -0.2) is 21.2 Å². The van der Waals surface area contributed by atoms with Crippen LogP contribution in [-0.2, 0) is 9.84 Å². The highest BCUT2D eigenvalue weighted by molar-refractivity contribution is 7.90. The largest absolute Gasteiger partial charge is 0.384 e. The summed E-state index contributed by atoms with van der Waals surface area (Å²) in [5.74, 6) is 1.40. The molecule has 1 fully saturated rings. The first-order valence-electron chi connectivity index (χ1n) is 6.51. The highest BCUT2D eigenvalue weighted by Gasteiger charge is 2.23. The molecule has 2 unspecified atom stereocenters. The lowest BCUT2D eigenvalue weighted by Gasteiger charge is -2.18. The van der Waals surface area contributed by atoms with E-state index in [1.54, 1.807) is 12.1 Å². The zero-order valence-electron chi connectivity index (χ0n) is 11.0. The van der Waals surface area contributed by atoms with E-state index in [9.17, 15) is 8.42 Å². The highest BCUT2D eigenvalue weighted by Crippen LogP contribution is 2.31. The Hall–Kier alpha value is -1.03. The predicted octanol–water partition coefficient (Wildman–Crippen LogP) is 2.94. The lowest BCUT2D eigenvalue weighted by molar-refractivity contribution is 0.439. The number of nitrogens with one attached hydrogen (secondary N) is 1. The van der Waals surface area contributed by atoms with Gasteiger partial charge in [-0.2, -0.15) is 0 Å². The van der Waals surface area contributed by atoms with E-state index in [1.807, 2.05) is 12.1 Å². The van der Waals surface area contributed by atoms with Gasteiger partial charge in [0.1, 0.15) is 0 Å². The minimum atomic E-state index is -3.16. The highest BCUT2D eigenvalue weighted by atomic mass is 32.2. The molecule has 4 heteroatoms. The fourth-order valence-corrected chi connectivity index (χ4v) is 3.57. The van der Waals surface area contributed by atoms with Crippen LogP contribution in [0.4, 0.5) is 5.69 Å². The summed E-state index contributed by atoms with van der Waals surface area (Å²) in [7, 11) is -3.16. The molecule has 1 saturated carbocycles. The Morgan fingerprint density at radius 1 is 1.28 bits per heavy atom. The molecule has 0 radical (unpaired) electrons. The van der Waals surface area contributed by atoms with Gasteiger partial charge in [-0.3, -0.25) is 0 Å². The van der Waals surface area contributed by atoms with Crippen LogP contribution in [0.25, 0.3) is 0 Å². The van der Waals surface area contributed by atoms with Gasteiger partial charge >= 0.3 is 0 Å². The number of hydrogen-bond donors (Lipinski definition) is 1. The van der Waals surface area contributed by atoms with E-state index in [4.69, 9.17) is 0 Å². The molecule has 0 amide bonds. The molecule has 1 aromatic carbocycles. The zero-order chi connectivity index (χ0) is 13.2. The molecule has 18 heavy (non-hydrogen) atoms. The summed E-state index contributed by atoms with van der Waals surface area (Å²) >= 11 is 0. The fraction of sp³-hybridized carbons (Fsp3) is 0.571. The molecular weight excluding hydrogens is 246 g/mol. The summed E-state index contributed by atoms with van der Waals surface area (Å²) in [6.45, 7) is 3.15. The monoisotopic (exact) mass is 267 g/mol. The van der Waals surface area contributed by atoms with Gasteiger partial charge in [0, 0.05) is 12.8 Å². The third-order valence-corrected chi connectivity index (χ3v) is 5.04. The van der Waals surface area contributed by atoms with Crippen molar-refractivity contribution in [3.05, 3.63) is 24.3 Å². The van der Waals surface area contributed by atoms with Gasteiger partial charge in [0.2, 0.25) is 0 Å². The van der Waals surface area contributed by atoms with Crippen molar-refractivity contribution in [1.29, 1.82) is 0 Å². The normalized spacial score (nSPS) is 24.1. The second-order valence-electron chi connectivity index (χ2n) is 5.32. The second kappa shape index (κ2) is 5.31. The number of para-hydroxylation sites is 1. The molecule has 1 aliphatic rings. The lowest BCUT2D eigenvalue weighted by Crippen LogP contribution is -2.17. The van der Waals surface area contributed by atoms with Crippen LogP contribution >= 0.6 is 0 Å². The average molecular weight is 267 g/mol. The molecule has 0 saturated heterocycles. The van der Waals surface area contributed by atoms with E-state index in [-0.39, 0.29) is 0 Å². The number of rotatable bonds is 4. The third-order valence-electron chi connectivity index (χ3n) is 3.88. The first-order valence-corrected chi connectivity index (χ1v) is 8.40. The Balaban J connectivity index is 2.10. The van der Waals surface area contributed by atoms with Crippen molar-refractivity contribution in [2.75, 3.05) is 18.1 Å². The molecule has 3 nitrogen and oxygen atoms in total. The van der Waals surface area contributed by atoms with Crippen LogP contribution in [0.3, 0.4) is 0 Å². The summed E-state index contributed by atoms with van der Waals surface area (Å²) in [5.41, 5.74) is 0.735. The zero-order valence-corrected chi connectivity index (χ0v) is 11.8. The Morgan fingerprint density at radius 2 is 2.00 bits per heavy atom. The van der Waals surface area contributed by atoms with Crippen LogP contribution in [0.5, 0.6) is 0 Å². The van der Waals surface area contributed by atoms with Crippen molar-refractivity contribution >= 4 is 15.5 Å². The van der Waals surface area contributed by atoms with Crippen molar-refractivity contribution in [3.8, 4) is 0 Å². The molecule has 2 atom stereocenters. The van der Waals surface area contributed by atoms with Crippen LogP contribution in [0, 0.1) is 11.8 Å². The minimum Gasteiger partial charge on any atom is -0.384 e.